The molecule has 0 spiro atoms. The van der Waals surface area contributed by atoms with Gasteiger partial charge in [-0.3, -0.25) is 0 Å². The number of halogens is 1. The maximum atomic E-state index is 12.9. The lowest BCUT2D eigenvalue weighted by molar-refractivity contribution is -0.0230. The van der Waals surface area contributed by atoms with Gasteiger partial charge in [0.05, 0.1) is 24.3 Å². The highest BCUT2D eigenvalue weighted by Crippen LogP contribution is 2.29. The summed E-state index contributed by atoms with van der Waals surface area (Å²) in [4.78, 5) is 0.0447. The molecular weight excluding hydrogens is 314 g/mol. The Morgan fingerprint density at radius 2 is 2.19 bits per heavy atom. The van der Waals surface area contributed by atoms with Crippen molar-refractivity contribution in [2.24, 2.45) is 0 Å². The van der Waals surface area contributed by atoms with Crippen LogP contribution in [-0.4, -0.2) is 43.1 Å². The zero-order valence-corrected chi connectivity index (χ0v) is 13.7. The van der Waals surface area contributed by atoms with Crippen LogP contribution in [0, 0.1) is 0 Å². The second kappa shape index (κ2) is 6.62. The molecule has 2 rings (SSSR count). The van der Waals surface area contributed by atoms with Crippen LogP contribution in [0.4, 0.5) is 0 Å². The molecule has 21 heavy (non-hydrogen) atoms. The molecule has 0 saturated carbocycles. The highest BCUT2D eigenvalue weighted by atomic mass is 35.5. The lowest BCUT2D eigenvalue weighted by Crippen LogP contribution is -2.51. The summed E-state index contributed by atoms with van der Waals surface area (Å²) in [5.41, 5.74) is 0.521. The standard InChI is InChI=1S/C14H20ClNO4S/c1-3-12-9-20-10(2)7-16(12)21(18,19)14-6-11(8-17)4-5-13(14)15/h4-6,10,12,17H,3,7-9H2,1-2H3. The lowest BCUT2D eigenvalue weighted by atomic mass is 10.2. The van der Waals surface area contributed by atoms with E-state index >= 15 is 0 Å². The summed E-state index contributed by atoms with van der Waals surface area (Å²) in [7, 11) is -3.71. The monoisotopic (exact) mass is 333 g/mol. The van der Waals surface area contributed by atoms with Gasteiger partial charge in [0.25, 0.3) is 0 Å². The van der Waals surface area contributed by atoms with E-state index in [1.807, 2.05) is 13.8 Å². The van der Waals surface area contributed by atoms with E-state index in [9.17, 15) is 13.5 Å². The molecule has 1 aromatic rings. The van der Waals surface area contributed by atoms with E-state index in [1.54, 1.807) is 6.07 Å². The van der Waals surface area contributed by atoms with Crippen LogP contribution in [0.25, 0.3) is 0 Å². The second-order valence-corrected chi connectivity index (χ2v) is 7.47. The van der Waals surface area contributed by atoms with E-state index < -0.39 is 10.0 Å². The highest BCUT2D eigenvalue weighted by molar-refractivity contribution is 7.89. The van der Waals surface area contributed by atoms with Gasteiger partial charge in [-0.15, -0.1) is 0 Å². The number of benzene rings is 1. The number of aliphatic hydroxyl groups is 1. The van der Waals surface area contributed by atoms with Crippen LogP contribution in [-0.2, 0) is 21.4 Å². The lowest BCUT2D eigenvalue weighted by Gasteiger charge is -2.37. The van der Waals surface area contributed by atoms with E-state index in [0.29, 0.717) is 25.1 Å². The zero-order chi connectivity index (χ0) is 15.6. The molecule has 1 aromatic carbocycles. The average Bonchev–Trinajstić information content (AvgIpc) is 2.47. The van der Waals surface area contributed by atoms with E-state index in [-0.39, 0.29) is 28.7 Å². The van der Waals surface area contributed by atoms with E-state index in [1.165, 1.54) is 16.4 Å². The van der Waals surface area contributed by atoms with Crippen LogP contribution in [0.5, 0.6) is 0 Å². The number of sulfonamides is 1. The Morgan fingerprint density at radius 1 is 1.48 bits per heavy atom. The van der Waals surface area contributed by atoms with Crippen LogP contribution in [0.3, 0.4) is 0 Å². The van der Waals surface area contributed by atoms with Gasteiger partial charge < -0.3 is 9.84 Å². The fourth-order valence-electron chi connectivity index (χ4n) is 2.40. The highest BCUT2D eigenvalue weighted by Gasteiger charge is 2.36. The number of ether oxygens (including phenoxy) is 1. The zero-order valence-electron chi connectivity index (χ0n) is 12.1. The Hall–Kier alpha value is -0.660. The predicted octanol–water partition coefficient (Wildman–Crippen LogP) is 2.02. The molecule has 0 radical (unpaired) electrons. The smallest absolute Gasteiger partial charge is 0.244 e. The molecule has 1 saturated heterocycles. The Morgan fingerprint density at radius 3 is 2.81 bits per heavy atom. The third kappa shape index (κ3) is 3.40. The Balaban J connectivity index is 2.44. The molecule has 1 heterocycles. The van der Waals surface area contributed by atoms with Crippen molar-refractivity contribution in [3.63, 3.8) is 0 Å². The van der Waals surface area contributed by atoms with Gasteiger partial charge in [0.15, 0.2) is 0 Å². The SMILES string of the molecule is CCC1COC(C)CN1S(=O)(=O)c1cc(CO)ccc1Cl. The van der Waals surface area contributed by atoms with Crippen LogP contribution < -0.4 is 0 Å². The summed E-state index contributed by atoms with van der Waals surface area (Å²) >= 11 is 6.07. The maximum Gasteiger partial charge on any atom is 0.244 e. The molecule has 1 fully saturated rings. The molecule has 118 valence electrons. The van der Waals surface area contributed by atoms with Gasteiger partial charge in [-0.25, -0.2) is 8.42 Å². The fraction of sp³-hybridized carbons (Fsp3) is 0.571. The number of aliphatic hydroxyl groups excluding tert-OH is 1. The summed E-state index contributed by atoms with van der Waals surface area (Å²) in [6.07, 6.45) is 0.519. The van der Waals surface area contributed by atoms with Gasteiger partial charge in [0, 0.05) is 12.6 Å². The van der Waals surface area contributed by atoms with Gasteiger partial charge in [-0.2, -0.15) is 4.31 Å². The first-order valence-corrected chi connectivity index (χ1v) is 8.74. The molecular formula is C14H20ClNO4S. The van der Waals surface area contributed by atoms with Gasteiger partial charge in [-0.05, 0) is 31.0 Å². The summed E-state index contributed by atoms with van der Waals surface area (Å²) in [5, 5.41) is 9.37. The summed E-state index contributed by atoms with van der Waals surface area (Å²) in [5.74, 6) is 0. The van der Waals surface area contributed by atoms with Crippen molar-refractivity contribution in [2.75, 3.05) is 13.2 Å². The van der Waals surface area contributed by atoms with Crippen molar-refractivity contribution in [1.29, 1.82) is 0 Å². The fourth-order valence-corrected chi connectivity index (χ4v) is 4.69. The average molecular weight is 334 g/mol. The van der Waals surface area contributed by atoms with Crippen LogP contribution >= 0.6 is 11.6 Å². The topological polar surface area (TPSA) is 66.8 Å². The summed E-state index contributed by atoms with van der Waals surface area (Å²) in [6.45, 7) is 4.24. The molecule has 0 aromatic heterocycles. The van der Waals surface area contributed by atoms with Gasteiger partial charge in [0.2, 0.25) is 10.0 Å². The third-order valence-corrected chi connectivity index (χ3v) is 6.05. The van der Waals surface area contributed by atoms with Crippen LogP contribution in [0.2, 0.25) is 5.02 Å². The number of hydrogen-bond acceptors (Lipinski definition) is 4. The summed E-state index contributed by atoms with van der Waals surface area (Å²) < 4.78 is 32.8. The molecule has 2 atom stereocenters. The molecule has 0 amide bonds. The molecule has 7 heteroatoms. The van der Waals surface area contributed by atoms with Crippen molar-refractivity contribution < 1.29 is 18.3 Å². The third-order valence-electron chi connectivity index (χ3n) is 3.65. The van der Waals surface area contributed by atoms with Crippen molar-refractivity contribution in [3.8, 4) is 0 Å². The first-order chi connectivity index (χ1) is 9.90. The Kier molecular flexibility index (Phi) is 5.27. The molecule has 0 bridgehead atoms. The van der Waals surface area contributed by atoms with Crippen LogP contribution in [0.1, 0.15) is 25.8 Å². The summed E-state index contributed by atoms with van der Waals surface area (Å²) in [6, 6.07) is 4.36. The predicted molar refractivity (Wildman–Crippen MR) is 80.8 cm³/mol. The minimum absolute atomic E-state index is 0.0447. The largest absolute Gasteiger partial charge is 0.392 e. The molecule has 0 aliphatic carbocycles. The maximum absolute atomic E-state index is 12.9. The molecule has 1 N–H and O–H groups in total. The van der Waals surface area contributed by atoms with Gasteiger partial charge in [-0.1, -0.05) is 24.6 Å². The number of nitrogens with zero attached hydrogens (tertiary/aromatic N) is 1. The molecule has 5 nitrogen and oxygen atoms in total. The minimum atomic E-state index is -3.71. The van der Waals surface area contributed by atoms with Crippen molar-refractivity contribution in [1.82, 2.24) is 4.31 Å². The molecule has 2 unspecified atom stereocenters. The molecule has 1 aliphatic heterocycles. The normalized spacial score (nSPS) is 24.2. The number of rotatable bonds is 4. The van der Waals surface area contributed by atoms with E-state index in [2.05, 4.69) is 0 Å². The first kappa shape index (κ1) is 16.7. The van der Waals surface area contributed by atoms with E-state index in [4.69, 9.17) is 16.3 Å². The van der Waals surface area contributed by atoms with Crippen molar-refractivity contribution in [2.45, 2.75) is 43.9 Å². The van der Waals surface area contributed by atoms with Gasteiger partial charge in [0.1, 0.15) is 4.90 Å². The Labute approximate surface area is 130 Å². The molecule has 1 aliphatic rings. The quantitative estimate of drug-likeness (QED) is 0.915. The first-order valence-electron chi connectivity index (χ1n) is 6.92. The Bertz CT molecular complexity index is 605. The number of hydrogen-bond donors (Lipinski definition) is 1. The van der Waals surface area contributed by atoms with Crippen LogP contribution in [0.15, 0.2) is 23.1 Å². The van der Waals surface area contributed by atoms with Gasteiger partial charge >= 0.3 is 0 Å². The van der Waals surface area contributed by atoms with Crippen molar-refractivity contribution in [3.05, 3.63) is 28.8 Å². The minimum Gasteiger partial charge on any atom is -0.392 e. The van der Waals surface area contributed by atoms with Crippen molar-refractivity contribution >= 4 is 21.6 Å². The van der Waals surface area contributed by atoms with E-state index in [0.717, 1.165) is 0 Å². The number of morpholine rings is 1. The second-order valence-electron chi connectivity index (χ2n) is 5.20.